The van der Waals surface area contributed by atoms with Crippen molar-refractivity contribution in [3.05, 3.63) is 88.8 Å². The van der Waals surface area contributed by atoms with Crippen LogP contribution in [-0.4, -0.2) is 41.4 Å². The fraction of sp³-hybridized carbons (Fsp3) is 0.207. The summed E-state index contributed by atoms with van der Waals surface area (Å²) in [5, 5.41) is 2.78. The number of nitrogens with one attached hydrogen (secondary N) is 1. The van der Waals surface area contributed by atoms with Crippen LogP contribution in [0.5, 0.6) is 17.2 Å². The van der Waals surface area contributed by atoms with Crippen LogP contribution in [0.4, 0.5) is 5.69 Å². The van der Waals surface area contributed by atoms with Crippen molar-refractivity contribution in [2.75, 3.05) is 25.6 Å². The van der Waals surface area contributed by atoms with Crippen molar-refractivity contribution < 1.29 is 23.8 Å². The van der Waals surface area contributed by atoms with Gasteiger partial charge < -0.3 is 19.5 Å². The molecule has 4 rings (SSSR count). The van der Waals surface area contributed by atoms with Gasteiger partial charge in [0.05, 0.1) is 24.7 Å². The fourth-order valence-electron chi connectivity index (χ4n) is 3.86. The summed E-state index contributed by atoms with van der Waals surface area (Å²) in [6.07, 6.45) is 1.79. The molecule has 0 aliphatic carbocycles. The monoisotopic (exact) mass is 548 g/mol. The zero-order valence-electron chi connectivity index (χ0n) is 21.3. The summed E-state index contributed by atoms with van der Waals surface area (Å²) in [5.74, 6) is 1.17. The molecule has 3 aromatic rings. The van der Waals surface area contributed by atoms with Gasteiger partial charge in [-0.25, -0.2) is 0 Å². The van der Waals surface area contributed by atoms with Crippen molar-refractivity contribution in [2.24, 2.45) is 0 Å². The van der Waals surface area contributed by atoms with Gasteiger partial charge >= 0.3 is 0 Å². The number of ether oxygens (including phenoxy) is 3. The predicted molar refractivity (Wildman–Crippen MR) is 155 cm³/mol. The Morgan fingerprint density at radius 2 is 1.79 bits per heavy atom. The summed E-state index contributed by atoms with van der Waals surface area (Å²) in [4.78, 5) is 27.8. The normalized spacial score (nSPS) is 14.9. The minimum absolute atomic E-state index is 0.134. The third kappa shape index (κ3) is 6.54. The lowest BCUT2D eigenvalue weighted by atomic mass is 10.1. The van der Waals surface area contributed by atoms with Crippen molar-refractivity contribution in [2.45, 2.75) is 19.9 Å². The number of thiocarbonyl (C=S) groups is 1. The van der Waals surface area contributed by atoms with E-state index in [1.165, 1.54) is 11.8 Å². The Labute approximate surface area is 231 Å². The van der Waals surface area contributed by atoms with E-state index in [1.807, 2.05) is 50.2 Å². The highest BCUT2D eigenvalue weighted by Crippen LogP contribution is 2.39. The number of hydrogen-bond donors (Lipinski definition) is 1. The van der Waals surface area contributed by atoms with Crippen LogP contribution in [0.25, 0.3) is 6.08 Å². The average Bonchev–Trinajstić information content (AvgIpc) is 3.21. The van der Waals surface area contributed by atoms with Gasteiger partial charge in [-0.15, -0.1) is 0 Å². The highest BCUT2D eigenvalue weighted by atomic mass is 32.2. The van der Waals surface area contributed by atoms with E-state index in [-0.39, 0.29) is 24.5 Å². The van der Waals surface area contributed by atoms with Gasteiger partial charge in [0.25, 0.3) is 11.8 Å². The molecule has 1 saturated heterocycles. The van der Waals surface area contributed by atoms with E-state index in [9.17, 15) is 9.59 Å². The van der Waals surface area contributed by atoms with Gasteiger partial charge in [0.15, 0.2) is 18.1 Å². The second-order valence-electron chi connectivity index (χ2n) is 8.34. The molecular formula is C29H28N2O5S2. The number of hydrogen-bond acceptors (Lipinski definition) is 7. The van der Waals surface area contributed by atoms with E-state index in [0.717, 1.165) is 11.1 Å². The van der Waals surface area contributed by atoms with E-state index < -0.39 is 0 Å². The molecule has 0 saturated carbocycles. The van der Waals surface area contributed by atoms with E-state index in [0.29, 0.717) is 38.8 Å². The predicted octanol–water partition coefficient (Wildman–Crippen LogP) is 6.07. The fourth-order valence-corrected chi connectivity index (χ4v) is 5.28. The van der Waals surface area contributed by atoms with Gasteiger partial charge in [0.2, 0.25) is 0 Å². The Hall–Kier alpha value is -3.82. The molecule has 1 fully saturated rings. The number of rotatable bonds is 10. The SMILES string of the molecule is CCOc1cc(/C=C2\SC(=S)N([C@@H](C)c3ccccc3)C2=O)ccc1OCC(=O)Nc1ccc(OC)cc1. The molecule has 1 N–H and O–H groups in total. The van der Waals surface area contributed by atoms with Crippen LogP contribution >= 0.6 is 24.0 Å². The number of thioether (sulfide) groups is 1. The molecule has 0 spiro atoms. The molecule has 1 aliphatic rings. The first-order valence-corrected chi connectivity index (χ1v) is 13.3. The summed E-state index contributed by atoms with van der Waals surface area (Å²) in [7, 11) is 1.58. The molecule has 38 heavy (non-hydrogen) atoms. The zero-order chi connectivity index (χ0) is 27.1. The largest absolute Gasteiger partial charge is 0.497 e. The maximum atomic E-state index is 13.2. The van der Waals surface area contributed by atoms with Crippen LogP contribution in [0.2, 0.25) is 0 Å². The molecule has 2 amide bonds. The number of anilines is 1. The Bertz CT molecular complexity index is 1340. The average molecular weight is 549 g/mol. The van der Waals surface area contributed by atoms with E-state index in [1.54, 1.807) is 54.5 Å². The molecular weight excluding hydrogens is 520 g/mol. The maximum Gasteiger partial charge on any atom is 0.266 e. The number of carbonyl (C=O) groups is 2. The molecule has 3 aromatic carbocycles. The minimum Gasteiger partial charge on any atom is -0.497 e. The lowest BCUT2D eigenvalue weighted by Crippen LogP contribution is -2.30. The lowest BCUT2D eigenvalue weighted by molar-refractivity contribution is -0.123. The molecule has 1 aliphatic heterocycles. The molecule has 7 nitrogen and oxygen atoms in total. The van der Waals surface area contributed by atoms with Gasteiger partial charge in [0.1, 0.15) is 10.1 Å². The highest BCUT2D eigenvalue weighted by Gasteiger charge is 2.35. The summed E-state index contributed by atoms with van der Waals surface area (Å²) in [5.41, 5.74) is 2.41. The molecule has 1 heterocycles. The summed E-state index contributed by atoms with van der Waals surface area (Å²) < 4.78 is 17.1. The quantitative estimate of drug-likeness (QED) is 0.243. The third-order valence-electron chi connectivity index (χ3n) is 5.79. The van der Waals surface area contributed by atoms with E-state index >= 15 is 0 Å². The molecule has 196 valence electrons. The lowest BCUT2D eigenvalue weighted by Gasteiger charge is -2.23. The van der Waals surface area contributed by atoms with Gasteiger partial charge in [-0.05, 0) is 67.4 Å². The van der Waals surface area contributed by atoms with Crippen LogP contribution < -0.4 is 19.5 Å². The first-order valence-electron chi connectivity index (χ1n) is 12.0. The smallest absolute Gasteiger partial charge is 0.266 e. The second kappa shape index (κ2) is 12.6. The Kier molecular flexibility index (Phi) is 9.04. The topological polar surface area (TPSA) is 77.1 Å². The van der Waals surface area contributed by atoms with Crippen LogP contribution in [0.15, 0.2) is 77.7 Å². The van der Waals surface area contributed by atoms with Gasteiger partial charge in [0, 0.05) is 5.69 Å². The first-order chi connectivity index (χ1) is 18.4. The second-order valence-corrected chi connectivity index (χ2v) is 10.0. The summed E-state index contributed by atoms with van der Waals surface area (Å²) in [6.45, 7) is 4.05. The third-order valence-corrected chi connectivity index (χ3v) is 7.12. The molecule has 1 atom stereocenters. The molecule has 0 aromatic heterocycles. The van der Waals surface area contributed by atoms with Crippen molar-refractivity contribution in [1.82, 2.24) is 4.90 Å². The number of carbonyl (C=O) groups excluding carboxylic acids is 2. The van der Waals surface area contributed by atoms with Gasteiger partial charge in [-0.2, -0.15) is 0 Å². The van der Waals surface area contributed by atoms with Crippen molar-refractivity contribution in [3.8, 4) is 17.2 Å². The Morgan fingerprint density at radius 1 is 1.05 bits per heavy atom. The molecule has 0 bridgehead atoms. The van der Waals surface area contributed by atoms with E-state index in [4.69, 9.17) is 26.4 Å². The minimum atomic E-state index is -0.307. The van der Waals surface area contributed by atoms with Gasteiger partial charge in [-0.3, -0.25) is 14.5 Å². The van der Waals surface area contributed by atoms with Crippen LogP contribution in [0, 0.1) is 0 Å². The van der Waals surface area contributed by atoms with Crippen molar-refractivity contribution >= 4 is 51.9 Å². The number of amides is 2. The number of methoxy groups -OCH3 is 1. The standard InChI is InChI=1S/C29H28N2O5S2/c1-4-35-25-16-20(10-15-24(25)36-18-27(32)30-22-11-13-23(34-3)14-12-22)17-26-28(33)31(29(37)38-26)19(2)21-8-6-5-7-9-21/h5-17,19H,4,18H2,1-3H3,(H,30,32)/b26-17-/t19-/m0/s1. The molecule has 9 heteroatoms. The van der Waals surface area contributed by atoms with Crippen molar-refractivity contribution in [1.29, 1.82) is 0 Å². The Balaban J connectivity index is 1.44. The van der Waals surface area contributed by atoms with Crippen LogP contribution in [0.3, 0.4) is 0 Å². The first kappa shape index (κ1) is 27.2. The van der Waals surface area contributed by atoms with Gasteiger partial charge in [-0.1, -0.05) is 60.4 Å². The Morgan fingerprint density at radius 3 is 2.47 bits per heavy atom. The number of benzene rings is 3. The van der Waals surface area contributed by atoms with E-state index in [2.05, 4.69) is 5.32 Å². The molecule has 0 unspecified atom stereocenters. The highest BCUT2D eigenvalue weighted by molar-refractivity contribution is 8.26. The molecule has 0 radical (unpaired) electrons. The van der Waals surface area contributed by atoms with Crippen LogP contribution in [0.1, 0.15) is 31.0 Å². The summed E-state index contributed by atoms with van der Waals surface area (Å²) >= 11 is 6.81. The van der Waals surface area contributed by atoms with Crippen molar-refractivity contribution in [3.63, 3.8) is 0 Å². The number of nitrogens with zero attached hydrogens (tertiary/aromatic N) is 1. The zero-order valence-corrected chi connectivity index (χ0v) is 22.9. The van der Waals surface area contributed by atoms with Crippen LogP contribution in [-0.2, 0) is 9.59 Å². The summed E-state index contributed by atoms with van der Waals surface area (Å²) in [6, 6.07) is 22.0. The maximum absolute atomic E-state index is 13.2.